The van der Waals surface area contributed by atoms with Gasteiger partial charge >= 0.3 is 6.09 Å². The van der Waals surface area contributed by atoms with E-state index in [4.69, 9.17) is 10.5 Å². The summed E-state index contributed by atoms with van der Waals surface area (Å²) in [7, 11) is 0. The fourth-order valence-electron chi connectivity index (χ4n) is 1.05. The number of nitrogens with one attached hydrogen (secondary N) is 1. The third-order valence-corrected chi connectivity index (χ3v) is 2.52. The third kappa shape index (κ3) is 4.26. The highest BCUT2D eigenvalue weighted by Gasteiger charge is 2.16. The molecule has 0 saturated carbocycles. The summed E-state index contributed by atoms with van der Waals surface area (Å²) in [5.74, 6) is 0. The van der Waals surface area contributed by atoms with Gasteiger partial charge in [0.1, 0.15) is 5.60 Å². The Balaban J connectivity index is 2.70. The first-order valence-corrected chi connectivity index (χ1v) is 5.91. The van der Waals surface area contributed by atoms with Gasteiger partial charge in [0.25, 0.3) is 0 Å². The number of carbonyl (C=O) groups excluding carboxylic acids is 1. The quantitative estimate of drug-likeness (QED) is 0.612. The highest BCUT2D eigenvalue weighted by molar-refractivity contribution is 14.1. The van der Waals surface area contributed by atoms with Crippen molar-refractivity contribution in [2.24, 2.45) is 0 Å². The van der Waals surface area contributed by atoms with Crippen LogP contribution < -0.4 is 11.1 Å². The van der Waals surface area contributed by atoms with Gasteiger partial charge < -0.3 is 10.5 Å². The van der Waals surface area contributed by atoms with Gasteiger partial charge in [-0.05, 0) is 61.6 Å². The van der Waals surface area contributed by atoms with E-state index in [1.165, 1.54) is 0 Å². The van der Waals surface area contributed by atoms with Crippen molar-refractivity contribution in [2.45, 2.75) is 26.4 Å². The average molecular weight is 334 g/mol. The first-order chi connectivity index (χ1) is 7.28. The molecule has 16 heavy (non-hydrogen) atoms. The Morgan fingerprint density at radius 1 is 1.44 bits per heavy atom. The van der Waals surface area contributed by atoms with Crippen molar-refractivity contribution < 1.29 is 9.53 Å². The third-order valence-electron chi connectivity index (χ3n) is 1.63. The SMILES string of the molecule is CC(C)(C)OC(=O)Nc1ccc(N)cc1I. The van der Waals surface area contributed by atoms with Crippen molar-refractivity contribution in [3.05, 3.63) is 21.8 Å². The molecule has 0 fully saturated rings. The van der Waals surface area contributed by atoms with Crippen molar-refractivity contribution in [1.82, 2.24) is 0 Å². The zero-order valence-corrected chi connectivity index (χ0v) is 11.7. The summed E-state index contributed by atoms with van der Waals surface area (Å²) in [5.41, 5.74) is 6.48. The minimum Gasteiger partial charge on any atom is -0.444 e. The van der Waals surface area contributed by atoms with Crippen LogP contribution in [0.1, 0.15) is 20.8 Å². The van der Waals surface area contributed by atoms with Gasteiger partial charge in [0.05, 0.1) is 5.69 Å². The predicted molar refractivity (Wildman–Crippen MR) is 73.4 cm³/mol. The lowest BCUT2D eigenvalue weighted by molar-refractivity contribution is 0.0636. The van der Waals surface area contributed by atoms with Gasteiger partial charge in [-0.15, -0.1) is 0 Å². The molecule has 1 rings (SSSR count). The molecule has 0 aliphatic heterocycles. The molecule has 0 aliphatic rings. The first-order valence-electron chi connectivity index (χ1n) is 4.83. The van der Waals surface area contributed by atoms with E-state index >= 15 is 0 Å². The van der Waals surface area contributed by atoms with Crippen LogP contribution in [0.15, 0.2) is 18.2 Å². The molecule has 0 atom stereocenters. The fourth-order valence-corrected chi connectivity index (χ4v) is 1.72. The van der Waals surface area contributed by atoms with Gasteiger partial charge in [0.2, 0.25) is 0 Å². The van der Waals surface area contributed by atoms with E-state index in [0.717, 1.165) is 3.57 Å². The molecule has 0 aromatic heterocycles. The van der Waals surface area contributed by atoms with Crippen molar-refractivity contribution in [3.63, 3.8) is 0 Å². The van der Waals surface area contributed by atoms with E-state index in [0.29, 0.717) is 11.4 Å². The molecule has 88 valence electrons. The van der Waals surface area contributed by atoms with Crippen LogP contribution in [0.4, 0.5) is 16.2 Å². The summed E-state index contributed by atoms with van der Waals surface area (Å²) >= 11 is 2.11. The molecule has 0 radical (unpaired) electrons. The maximum absolute atomic E-state index is 11.5. The fraction of sp³-hybridized carbons (Fsp3) is 0.364. The number of rotatable bonds is 1. The smallest absolute Gasteiger partial charge is 0.412 e. The number of anilines is 2. The maximum Gasteiger partial charge on any atom is 0.412 e. The summed E-state index contributed by atoms with van der Waals surface area (Å²) in [4.78, 5) is 11.5. The van der Waals surface area contributed by atoms with Crippen LogP contribution in [0.5, 0.6) is 0 Å². The standard InChI is InChI=1S/C11H15IN2O2/c1-11(2,3)16-10(15)14-9-5-4-7(13)6-8(9)12/h4-6H,13H2,1-3H3,(H,14,15). The van der Waals surface area contributed by atoms with Crippen LogP contribution in [0.2, 0.25) is 0 Å². The number of carbonyl (C=O) groups is 1. The van der Waals surface area contributed by atoms with Gasteiger partial charge in [0.15, 0.2) is 0 Å². The number of halogens is 1. The molecule has 4 nitrogen and oxygen atoms in total. The molecule has 1 aromatic rings. The van der Waals surface area contributed by atoms with Crippen LogP contribution >= 0.6 is 22.6 Å². The molecule has 0 heterocycles. The highest BCUT2D eigenvalue weighted by Crippen LogP contribution is 2.21. The van der Waals surface area contributed by atoms with Crippen molar-refractivity contribution in [3.8, 4) is 0 Å². The summed E-state index contributed by atoms with van der Waals surface area (Å²) in [6.45, 7) is 5.46. The van der Waals surface area contributed by atoms with E-state index in [-0.39, 0.29) is 0 Å². The zero-order chi connectivity index (χ0) is 12.3. The molecule has 0 saturated heterocycles. The highest BCUT2D eigenvalue weighted by atomic mass is 127. The van der Waals surface area contributed by atoms with E-state index in [1.807, 2.05) is 20.8 Å². The Hall–Kier alpha value is -0.980. The summed E-state index contributed by atoms with van der Waals surface area (Å²) in [6.07, 6.45) is -0.463. The van der Waals surface area contributed by atoms with Crippen LogP contribution in [-0.4, -0.2) is 11.7 Å². The van der Waals surface area contributed by atoms with Crippen LogP contribution in [0.3, 0.4) is 0 Å². The lowest BCUT2D eigenvalue weighted by Gasteiger charge is -2.20. The number of nitrogen functional groups attached to an aromatic ring is 1. The Labute approximate surface area is 109 Å². The van der Waals surface area contributed by atoms with E-state index in [1.54, 1.807) is 18.2 Å². The number of nitrogens with two attached hydrogens (primary N) is 1. The van der Waals surface area contributed by atoms with Crippen LogP contribution in [-0.2, 0) is 4.74 Å². The number of amides is 1. The van der Waals surface area contributed by atoms with Gasteiger partial charge in [-0.1, -0.05) is 0 Å². The van der Waals surface area contributed by atoms with Crippen molar-refractivity contribution >= 4 is 40.1 Å². The molecule has 5 heteroatoms. The zero-order valence-electron chi connectivity index (χ0n) is 9.50. The second-order valence-corrected chi connectivity index (χ2v) is 5.53. The molecule has 0 aliphatic carbocycles. The van der Waals surface area contributed by atoms with Gasteiger partial charge in [0, 0.05) is 9.26 Å². The van der Waals surface area contributed by atoms with Gasteiger partial charge in [-0.3, -0.25) is 5.32 Å². The lowest BCUT2D eigenvalue weighted by atomic mass is 10.2. The summed E-state index contributed by atoms with van der Waals surface area (Å²) in [6, 6.07) is 5.27. The van der Waals surface area contributed by atoms with Crippen molar-refractivity contribution in [2.75, 3.05) is 11.1 Å². The lowest BCUT2D eigenvalue weighted by Crippen LogP contribution is -2.27. The van der Waals surface area contributed by atoms with Crippen molar-refractivity contribution in [1.29, 1.82) is 0 Å². The largest absolute Gasteiger partial charge is 0.444 e. The number of hydrogen-bond donors (Lipinski definition) is 2. The van der Waals surface area contributed by atoms with E-state index in [9.17, 15) is 4.79 Å². The minimum absolute atomic E-state index is 0.463. The van der Waals surface area contributed by atoms with Crippen LogP contribution in [0, 0.1) is 3.57 Å². The Bertz CT molecular complexity index is 399. The molecule has 1 amide bonds. The normalized spacial score (nSPS) is 11.0. The first kappa shape index (κ1) is 13.1. The Morgan fingerprint density at radius 2 is 2.06 bits per heavy atom. The average Bonchev–Trinajstić information content (AvgIpc) is 2.06. The number of ether oxygens (including phenoxy) is 1. The second-order valence-electron chi connectivity index (χ2n) is 4.37. The molecular formula is C11H15IN2O2. The molecule has 0 bridgehead atoms. The second kappa shape index (κ2) is 4.90. The van der Waals surface area contributed by atoms with E-state index < -0.39 is 11.7 Å². The van der Waals surface area contributed by atoms with E-state index in [2.05, 4.69) is 27.9 Å². The number of hydrogen-bond acceptors (Lipinski definition) is 3. The Kier molecular flexibility index (Phi) is 4.01. The topological polar surface area (TPSA) is 64.3 Å². The van der Waals surface area contributed by atoms with Gasteiger partial charge in [-0.25, -0.2) is 4.79 Å². The maximum atomic E-state index is 11.5. The minimum atomic E-state index is -0.497. The molecule has 0 unspecified atom stereocenters. The molecule has 3 N–H and O–H groups in total. The number of benzene rings is 1. The summed E-state index contributed by atoms with van der Waals surface area (Å²) < 4.78 is 6.02. The van der Waals surface area contributed by atoms with Gasteiger partial charge in [-0.2, -0.15) is 0 Å². The molecule has 1 aromatic carbocycles. The summed E-state index contributed by atoms with van der Waals surface area (Å²) in [5, 5.41) is 2.67. The molecular weight excluding hydrogens is 319 g/mol. The van der Waals surface area contributed by atoms with Crippen LogP contribution in [0.25, 0.3) is 0 Å². The Morgan fingerprint density at radius 3 is 2.56 bits per heavy atom. The monoisotopic (exact) mass is 334 g/mol. The predicted octanol–water partition coefficient (Wildman–Crippen LogP) is 3.22. The molecule has 0 spiro atoms.